The molecule has 2 fully saturated rings. The van der Waals surface area contributed by atoms with Crippen molar-refractivity contribution in [1.82, 2.24) is 24.6 Å². The SMILES string of the molecule is COC(=O)N1CC(N2CCC(c3c(/N=C(\C)c4nc5cc(C)c([C@H](OC(C)(C)C)C(=O)O)c(-c6ccc(Cl)cc6)c5s4)cnn3C(F)F)CC2)C1. The topological polar surface area (TPSA) is 122 Å². The van der Waals surface area contributed by atoms with Gasteiger partial charge in [0.1, 0.15) is 10.7 Å². The van der Waals surface area contributed by atoms with E-state index in [1.54, 1.807) is 24.0 Å². The van der Waals surface area contributed by atoms with Crippen molar-refractivity contribution in [3.05, 3.63) is 63.4 Å². The molecule has 1 atom stereocenters. The Morgan fingerprint density at radius 1 is 1.14 bits per heavy atom. The Balaban J connectivity index is 1.35. The first-order chi connectivity index (χ1) is 24.1. The normalized spacial score (nSPS) is 17.3. The highest BCUT2D eigenvalue weighted by molar-refractivity contribution is 7.21. The fraction of sp³-hybridized carbons (Fsp3) is 0.472. The van der Waals surface area contributed by atoms with Gasteiger partial charge in [-0.05, 0) is 89.9 Å². The number of hydrogen-bond acceptors (Lipinski definition) is 9. The van der Waals surface area contributed by atoms with Crippen molar-refractivity contribution in [2.45, 2.75) is 77.7 Å². The van der Waals surface area contributed by atoms with E-state index in [1.165, 1.54) is 24.6 Å². The lowest BCUT2D eigenvalue weighted by molar-refractivity contribution is -0.160. The number of amides is 1. The van der Waals surface area contributed by atoms with Gasteiger partial charge < -0.3 is 19.5 Å². The largest absolute Gasteiger partial charge is 0.479 e. The smallest absolute Gasteiger partial charge is 0.409 e. The Hall–Kier alpha value is -3.98. The first-order valence-electron chi connectivity index (χ1n) is 16.7. The molecule has 1 amide bonds. The quantitative estimate of drug-likeness (QED) is 0.170. The maximum Gasteiger partial charge on any atom is 0.409 e. The second-order valence-electron chi connectivity index (χ2n) is 14.0. The van der Waals surface area contributed by atoms with Crippen LogP contribution in [0.4, 0.5) is 19.3 Å². The van der Waals surface area contributed by atoms with E-state index in [0.717, 1.165) is 14.9 Å². The van der Waals surface area contributed by atoms with Crippen LogP contribution in [0.25, 0.3) is 21.3 Å². The standard InChI is InChI=1S/C36H41ClF2N6O5S/c1-19-15-25-31(28(21-7-9-23(37)10-8-21)27(19)30(33(46)47)50-36(3,4)5)51-32(42-25)20(2)41-26-16-40-45(34(38)39)29(26)22-11-13-43(14-12-22)24-17-44(18-24)35(48)49-6/h7-10,15-16,22,24,30,34H,11-14,17-18H2,1-6H3,(H,46,47)/b41-20+/t30-/m0/s1. The van der Waals surface area contributed by atoms with Gasteiger partial charge >= 0.3 is 18.6 Å². The number of nitrogens with zero attached hydrogens (tertiary/aromatic N) is 6. The van der Waals surface area contributed by atoms with Gasteiger partial charge in [0.25, 0.3) is 0 Å². The summed E-state index contributed by atoms with van der Waals surface area (Å²) in [5.41, 5.74) is 3.81. The number of likely N-dealkylation sites (tertiary alicyclic amines) is 2. The third kappa shape index (κ3) is 7.64. The van der Waals surface area contributed by atoms with E-state index in [-0.39, 0.29) is 18.1 Å². The molecule has 0 aliphatic carbocycles. The number of aliphatic carboxylic acids is 1. The molecule has 0 bridgehead atoms. The summed E-state index contributed by atoms with van der Waals surface area (Å²) in [6, 6.07) is 9.25. The third-order valence-corrected chi connectivity index (χ3v) is 10.8. The number of methoxy groups -OCH3 is 1. The third-order valence-electron chi connectivity index (χ3n) is 9.34. The van der Waals surface area contributed by atoms with E-state index >= 15 is 0 Å². The molecule has 2 aromatic carbocycles. The maximum atomic E-state index is 14.3. The number of aryl methyl sites for hydroxylation is 1. The number of thiazole rings is 1. The van der Waals surface area contributed by atoms with Crippen LogP contribution in [0.15, 0.2) is 41.5 Å². The van der Waals surface area contributed by atoms with E-state index in [0.29, 0.717) is 88.4 Å². The van der Waals surface area contributed by atoms with Crippen molar-refractivity contribution < 1.29 is 33.0 Å². The van der Waals surface area contributed by atoms with Gasteiger partial charge in [-0.1, -0.05) is 23.7 Å². The number of alkyl halides is 2. The Morgan fingerprint density at radius 3 is 2.39 bits per heavy atom. The molecule has 0 saturated carbocycles. The van der Waals surface area contributed by atoms with Crippen molar-refractivity contribution in [1.29, 1.82) is 0 Å². The average molecular weight is 743 g/mol. The summed E-state index contributed by atoms with van der Waals surface area (Å²) in [6.07, 6.45) is 1.07. The summed E-state index contributed by atoms with van der Waals surface area (Å²) in [5, 5.41) is 15.5. The summed E-state index contributed by atoms with van der Waals surface area (Å²) >= 11 is 7.58. The zero-order chi connectivity index (χ0) is 36.8. The van der Waals surface area contributed by atoms with E-state index in [1.807, 2.05) is 45.9 Å². The fourth-order valence-corrected chi connectivity index (χ4v) is 8.12. The van der Waals surface area contributed by atoms with Gasteiger partial charge in [0.2, 0.25) is 0 Å². The van der Waals surface area contributed by atoms with Crippen molar-refractivity contribution >= 4 is 56.6 Å². The molecule has 2 saturated heterocycles. The maximum absolute atomic E-state index is 14.3. The molecule has 0 radical (unpaired) electrons. The monoisotopic (exact) mass is 742 g/mol. The zero-order valence-corrected chi connectivity index (χ0v) is 30.9. The van der Waals surface area contributed by atoms with Crippen molar-refractivity contribution in [3.8, 4) is 11.1 Å². The summed E-state index contributed by atoms with van der Waals surface area (Å²) in [6.45, 7) is 8.80. The number of rotatable bonds is 9. The molecule has 0 spiro atoms. The van der Waals surface area contributed by atoms with Crippen LogP contribution in [-0.2, 0) is 14.3 Å². The number of benzene rings is 2. The number of carbonyl (C=O) groups excluding carboxylic acids is 1. The van der Waals surface area contributed by atoms with Gasteiger partial charge in [-0.15, -0.1) is 11.3 Å². The molecule has 2 aliphatic rings. The van der Waals surface area contributed by atoms with Crippen LogP contribution in [0.3, 0.4) is 0 Å². The van der Waals surface area contributed by atoms with Crippen LogP contribution in [0.5, 0.6) is 0 Å². The molecule has 2 aromatic heterocycles. The number of fused-ring (bicyclic) bond motifs is 1. The zero-order valence-electron chi connectivity index (χ0n) is 29.3. The van der Waals surface area contributed by atoms with Gasteiger partial charge in [0, 0.05) is 41.2 Å². The molecule has 51 heavy (non-hydrogen) atoms. The van der Waals surface area contributed by atoms with E-state index < -0.39 is 24.2 Å². The minimum absolute atomic E-state index is 0.186. The van der Waals surface area contributed by atoms with Crippen LogP contribution in [0.1, 0.15) is 80.9 Å². The minimum Gasteiger partial charge on any atom is -0.479 e. The number of hydrogen-bond donors (Lipinski definition) is 1. The lowest BCUT2D eigenvalue weighted by Gasteiger charge is -2.46. The van der Waals surface area contributed by atoms with Gasteiger partial charge in [-0.2, -0.15) is 13.9 Å². The molecule has 4 heterocycles. The molecular weight excluding hydrogens is 702 g/mol. The summed E-state index contributed by atoms with van der Waals surface area (Å²) in [4.78, 5) is 38.2. The van der Waals surface area contributed by atoms with E-state index in [9.17, 15) is 23.5 Å². The number of aromatic nitrogens is 3. The predicted octanol–water partition coefficient (Wildman–Crippen LogP) is 8.23. The number of piperidine rings is 1. The molecule has 272 valence electrons. The van der Waals surface area contributed by atoms with Crippen molar-refractivity contribution in [3.63, 3.8) is 0 Å². The summed E-state index contributed by atoms with van der Waals surface area (Å²) in [5.74, 6) is -1.30. The Bertz CT molecular complexity index is 1960. The Kier molecular flexibility index (Phi) is 10.5. The molecule has 6 rings (SSSR count). The van der Waals surface area contributed by atoms with Crippen LogP contribution in [0, 0.1) is 6.92 Å². The number of carbonyl (C=O) groups is 2. The van der Waals surface area contributed by atoms with Gasteiger partial charge in [0.15, 0.2) is 6.10 Å². The molecule has 1 N–H and O–H groups in total. The van der Waals surface area contributed by atoms with E-state index in [2.05, 4.69) is 10.00 Å². The molecular formula is C36H41ClF2N6O5S. The Morgan fingerprint density at radius 2 is 1.80 bits per heavy atom. The molecule has 15 heteroatoms. The summed E-state index contributed by atoms with van der Waals surface area (Å²) < 4.78 is 41.0. The van der Waals surface area contributed by atoms with Gasteiger partial charge in [-0.25, -0.2) is 24.2 Å². The van der Waals surface area contributed by atoms with Crippen molar-refractivity contribution in [2.75, 3.05) is 33.3 Å². The average Bonchev–Trinajstić information content (AvgIpc) is 3.67. The highest BCUT2D eigenvalue weighted by Gasteiger charge is 2.38. The summed E-state index contributed by atoms with van der Waals surface area (Å²) in [7, 11) is 1.36. The lowest BCUT2D eigenvalue weighted by atomic mass is 9.91. The second-order valence-corrected chi connectivity index (χ2v) is 15.4. The van der Waals surface area contributed by atoms with Gasteiger partial charge in [0.05, 0.1) is 40.5 Å². The van der Waals surface area contributed by atoms with Crippen LogP contribution in [-0.4, -0.2) is 92.4 Å². The number of aliphatic imine (C=N–C) groups is 1. The molecule has 0 unspecified atom stereocenters. The number of halogens is 3. The minimum atomic E-state index is -2.83. The molecule has 11 nitrogen and oxygen atoms in total. The number of carboxylic acid groups (broad SMARTS) is 1. The Labute approximate surface area is 303 Å². The van der Waals surface area contributed by atoms with Crippen LogP contribution in [0.2, 0.25) is 5.02 Å². The van der Waals surface area contributed by atoms with Crippen LogP contribution < -0.4 is 0 Å². The first-order valence-corrected chi connectivity index (χ1v) is 17.9. The fourth-order valence-electron chi connectivity index (χ4n) is 6.92. The number of carboxylic acids is 1. The van der Waals surface area contributed by atoms with E-state index in [4.69, 9.17) is 31.1 Å². The second kappa shape index (κ2) is 14.6. The lowest BCUT2D eigenvalue weighted by Crippen LogP contribution is -2.62. The van der Waals surface area contributed by atoms with Gasteiger partial charge in [-0.3, -0.25) is 4.90 Å². The number of ether oxygens (including phenoxy) is 2. The highest BCUT2D eigenvalue weighted by Crippen LogP contribution is 2.44. The predicted molar refractivity (Wildman–Crippen MR) is 193 cm³/mol. The molecule has 2 aliphatic heterocycles. The highest BCUT2D eigenvalue weighted by atomic mass is 35.5. The first kappa shape index (κ1) is 36.8. The molecule has 4 aromatic rings. The van der Waals surface area contributed by atoms with Crippen molar-refractivity contribution in [2.24, 2.45) is 4.99 Å². The van der Waals surface area contributed by atoms with Crippen LogP contribution >= 0.6 is 22.9 Å².